The molecule has 0 aliphatic rings. The Kier molecular flexibility index (Phi) is 4.25. The van der Waals surface area contributed by atoms with Gasteiger partial charge in [0.15, 0.2) is 0 Å². The van der Waals surface area contributed by atoms with Gasteiger partial charge in [0.25, 0.3) is 5.91 Å². The molecule has 0 unspecified atom stereocenters. The number of aromatic nitrogens is 4. The van der Waals surface area contributed by atoms with Gasteiger partial charge >= 0.3 is 0 Å². The van der Waals surface area contributed by atoms with Gasteiger partial charge < -0.3 is 9.38 Å². The molecule has 3 heterocycles. The van der Waals surface area contributed by atoms with E-state index in [2.05, 4.69) is 20.3 Å². The lowest BCUT2D eigenvalue weighted by Gasteiger charge is -2.02. The number of carbonyl (C=O) groups excluding carboxylic acids is 1. The van der Waals surface area contributed by atoms with E-state index in [0.717, 1.165) is 22.3 Å². The van der Waals surface area contributed by atoms with Gasteiger partial charge in [-0.1, -0.05) is 29.8 Å². The molecule has 30 heavy (non-hydrogen) atoms. The number of rotatable bonds is 3. The van der Waals surface area contributed by atoms with E-state index in [1.54, 1.807) is 18.3 Å². The van der Waals surface area contributed by atoms with Crippen LogP contribution in [-0.4, -0.2) is 25.3 Å². The van der Waals surface area contributed by atoms with E-state index in [9.17, 15) is 9.18 Å². The van der Waals surface area contributed by atoms with Crippen molar-refractivity contribution in [3.63, 3.8) is 0 Å². The summed E-state index contributed by atoms with van der Waals surface area (Å²) in [6.07, 6.45) is 1.69. The van der Waals surface area contributed by atoms with Crippen molar-refractivity contribution in [3.8, 4) is 11.1 Å². The summed E-state index contributed by atoms with van der Waals surface area (Å²) in [5, 5.41) is 2.81. The van der Waals surface area contributed by atoms with Crippen molar-refractivity contribution >= 4 is 40.1 Å². The van der Waals surface area contributed by atoms with Crippen LogP contribution in [-0.2, 0) is 0 Å². The number of fused-ring (bicyclic) bond motifs is 2. The summed E-state index contributed by atoms with van der Waals surface area (Å²) in [4.78, 5) is 24.5. The van der Waals surface area contributed by atoms with Crippen LogP contribution in [0.5, 0.6) is 0 Å². The van der Waals surface area contributed by atoms with Crippen molar-refractivity contribution in [1.82, 2.24) is 19.4 Å². The Bertz CT molecular complexity index is 1440. The Hall–Kier alpha value is -3.71. The van der Waals surface area contributed by atoms with Crippen molar-refractivity contribution in [2.45, 2.75) is 6.92 Å². The number of carbonyl (C=O) groups is 1. The summed E-state index contributed by atoms with van der Waals surface area (Å²) in [6.45, 7) is 1.95. The maximum Gasteiger partial charge on any atom is 0.278 e. The number of hydrogen-bond acceptors (Lipinski definition) is 3. The largest absolute Gasteiger partial charge is 0.324 e. The van der Waals surface area contributed by atoms with E-state index in [1.807, 2.05) is 47.7 Å². The van der Waals surface area contributed by atoms with Crippen LogP contribution in [0, 0.1) is 12.7 Å². The number of hydrogen-bond donors (Lipinski definition) is 2. The Morgan fingerprint density at radius 2 is 1.90 bits per heavy atom. The molecule has 0 spiro atoms. The molecule has 1 amide bonds. The molecule has 5 aromatic rings. The second kappa shape index (κ2) is 6.96. The molecule has 0 aliphatic heterocycles. The molecule has 0 bridgehead atoms. The normalized spacial score (nSPS) is 11.3. The smallest absolute Gasteiger partial charge is 0.278 e. The highest BCUT2D eigenvalue weighted by atomic mass is 35.5. The standard InChI is InChI=1S/C22H15ClFN5O/c1-12-3-2-4-20-25-19(11-29(12)20)21(30)28-22-26-17-8-6-14(10-18(17)27-22)13-5-7-16(24)15(23)9-13/h2-11H,1H3,(H2,26,27,28,30). The predicted molar refractivity (Wildman–Crippen MR) is 114 cm³/mol. The van der Waals surface area contributed by atoms with E-state index in [-0.39, 0.29) is 10.9 Å². The predicted octanol–water partition coefficient (Wildman–Crippen LogP) is 5.23. The van der Waals surface area contributed by atoms with Crippen LogP contribution in [0.15, 0.2) is 60.8 Å². The molecule has 0 fully saturated rings. The summed E-state index contributed by atoms with van der Waals surface area (Å²) < 4.78 is 15.3. The number of halogens is 2. The molecule has 0 radical (unpaired) electrons. The van der Waals surface area contributed by atoms with Gasteiger partial charge in [-0.15, -0.1) is 0 Å². The highest BCUT2D eigenvalue weighted by Gasteiger charge is 2.14. The number of aryl methyl sites for hydroxylation is 1. The van der Waals surface area contributed by atoms with E-state index in [0.29, 0.717) is 22.8 Å². The Morgan fingerprint density at radius 1 is 1.10 bits per heavy atom. The number of benzene rings is 2. The Labute approximate surface area is 175 Å². The number of H-pyrrole nitrogens is 1. The van der Waals surface area contributed by atoms with Gasteiger partial charge in [0.05, 0.1) is 16.1 Å². The first-order chi connectivity index (χ1) is 14.5. The van der Waals surface area contributed by atoms with Crippen LogP contribution in [0.2, 0.25) is 5.02 Å². The lowest BCUT2D eigenvalue weighted by atomic mass is 10.1. The maximum atomic E-state index is 13.4. The average molecular weight is 420 g/mol. The summed E-state index contributed by atoms with van der Waals surface area (Å²) in [7, 11) is 0. The van der Waals surface area contributed by atoms with Crippen LogP contribution >= 0.6 is 11.6 Å². The maximum absolute atomic E-state index is 13.4. The summed E-state index contributed by atoms with van der Waals surface area (Å²) in [5.74, 6) is -0.505. The number of nitrogens with zero attached hydrogens (tertiary/aromatic N) is 3. The van der Waals surface area contributed by atoms with Crippen molar-refractivity contribution < 1.29 is 9.18 Å². The first-order valence-corrected chi connectivity index (χ1v) is 9.57. The van der Waals surface area contributed by atoms with Gasteiger partial charge in [-0.25, -0.2) is 14.4 Å². The highest BCUT2D eigenvalue weighted by Crippen LogP contribution is 2.27. The van der Waals surface area contributed by atoms with E-state index >= 15 is 0 Å². The SMILES string of the molecule is Cc1cccc2nc(C(=O)Nc3nc4cc(-c5ccc(F)c(Cl)c5)ccc4[nH]3)cn12. The zero-order valence-corrected chi connectivity index (χ0v) is 16.5. The Balaban J connectivity index is 1.43. The molecular weight excluding hydrogens is 405 g/mol. The topological polar surface area (TPSA) is 75.1 Å². The zero-order valence-electron chi connectivity index (χ0n) is 15.8. The molecule has 2 N–H and O–H groups in total. The fraction of sp³-hybridized carbons (Fsp3) is 0.0455. The van der Waals surface area contributed by atoms with Gasteiger partial charge in [-0.05, 0) is 54.4 Å². The number of imidazole rings is 2. The van der Waals surface area contributed by atoms with E-state index < -0.39 is 5.82 Å². The Morgan fingerprint density at radius 3 is 2.70 bits per heavy atom. The summed E-state index contributed by atoms with van der Waals surface area (Å²) in [5.41, 5.74) is 5.01. The molecule has 3 aromatic heterocycles. The molecule has 0 saturated carbocycles. The lowest BCUT2D eigenvalue weighted by molar-refractivity contribution is 0.102. The average Bonchev–Trinajstić information content (AvgIpc) is 3.34. The molecule has 2 aromatic carbocycles. The summed E-state index contributed by atoms with van der Waals surface area (Å²) in [6, 6.07) is 15.8. The molecule has 148 valence electrons. The number of pyridine rings is 1. The third kappa shape index (κ3) is 3.19. The van der Waals surface area contributed by atoms with Gasteiger partial charge in [-0.3, -0.25) is 10.1 Å². The van der Waals surface area contributed by atoms with Gasteiger partial charge in [-0.2, -0.15) is 0 Å². The lowest BCUT2D eigenvalue weighted by Crippen LogP contribution is -2.13. The monoisotopic (exact) mass is 419 g/mol. The second-order valence-electron chi connectivity index (χ2n) is 6.92. The van der Waals surface area contributed by atoms with Crippen molar-refractivity contribution in [1.29, 1.82) is 0 Å². The number of amides is 1. The van der Waals surface area contributed by atoms with Crippen molar-refractivity contribution in [2.24, 2.45) is 0 Å². The number of aromatic amines is 1. The fourth-order valence-electron chi connectivity index (χ4n) is 3.35. The molecular formula is C22H15ClFN5O. The molecule has 5 rings (SSSR count). The first-order valence-electron chi connectivity index (χ1n) is 9.19. The third-order valence-electron chi connectivity index (χ3n) is 4.90. The molecule has 8 heteroatoms. The molecule has 0 aliphatic carbocycles. The van der Waals surface area contributed by atoms with Gasteiger partial charge in [0.2, 0.25) is 5.95 Å². The van der Waals surface area contributed by atoms with Crippen molar-refractivity contribution in [2.75, 3.05) is 5.32 Å². The minimum atomic E-state index is -0.464. The first kappa shape index (κ1) is 18.3. The minimum Gasteiger partial charge on any atom is -0.324 e. The van der Waals surface area contributed by atoms with Crippen molar-refractivity contribution in [3.05, 3.63) is 83.0 Å². The second-order valence-corrected chi connectivity index (χ2v) is 7.33. The fourth-order valence-corrected chi connectivity index (χ4v) is 3.53. The summed E-state index contributed by atoms with van der Waals surface area (Å²) >= 11 is 5.89. The molecule has 0 atom stereocenters. The zero-order chi connectivity index (χ0) is 20.8. The van der Waals surface area contributed by atoms with Crippen LogP contribution in [0.25, 0.3) is 27.8 Å². The number of nitrogens with one attached hydrogen (secondary N) is 2. The quantitative estimate of drug-likeness (QED) is 0.420. The minimum absolute atomic E-state index is 0.0604. The van der Waals surface area contributed by atoms with E-state index in [4.69, 9.17) is 11.6 Å². The van der Waals surface area contributed by atoms with Crippen LogP contribution in [0.3, 0.4) is 0 Å². The van der Waals surface area contributed by atoms with Crippen LogP contribution < -0.4 is 5.32 Å². The van der Waals surface area contributed by atoms with Gasteiger partial charge in [0, 0.05) is 11.9 Å². The molecule has 6 nitrogen and oxygen atoms in total. The van der Waals surface area contributed by atoms with Crippen LogP contribution in [0.1, 0.15) is 16.2 Å². The third-order valence-corrected chi connectivity index (χ3v) is 5.19. The van der Waals surface area contributed by atoms with Crippen LogP contribution in [0.4, 0.5) is 10.3 Å². The van der Waals surface area contributed by atoms with Gasteiger partial charge in [0.1, 0.15) is 17.2 Å². The highest BCUT2D eigenvalue weighted by molar-refractivity contribution is 6.31. The van der Waals surface area contributed by atoms with E-state index in [1.165, 1.54) is 6.07 Å². The molecule has 0 saturated heterocycles. The number of anilines is 1.